The van der Waals surface area contributed by atoms with Crippen LogP contribution in [-0.4, -0.2) is 43.0 Å². The largest absolute Gasteiger partial charge is 0.385 e. The number of hydrogen-bond donors (Lipinski definition) is 2. The summed E-state index contributed by atoms with van der Waals surface area (Å²) in [6.45, 7) is 6.50. The molecule has 0 aliphatic carbocycles. The first-order valence-corrected chi connectivity index (χ1v) is 7.15. The second-order valence-electron chi connectivity index (χ2n) is 5.17. The van der Waals surface area contributed by atoms with Gasteiger partial charge in [-0.25, -0.2) is 0 Å². The van der Waals surface area contributed by atoms with Gasteiger partial charge in [-0.05, 0) is 25.6 Å². The molecule has 5 heteroatoms. The summed E-state index contributed by atoms with van der Waals surface area (Å²) in [5.41, 5.74) is 2.11. The van der Waals surface area contributed by atoms with Crippen molar-refractivity contribution in [2.75, 3.05) is 32.5 Å². The first kappa shape index (κ1) is 16.4. The lowest BCUT2D eigenvalue weighted by molar-refractivity contribution is -0.124. The fraction of sp³-hybridized carbons (Fsp3) is 0.600. The van der Waals surface area contributed by atoms with Gasteiger partial charge in [-0.1, -0.05) is 13.8 Å². The first-order valence-electron chi connectivity index (χ1n) is 7.15. The van der Waals surface area contributed by atoms with E-state index in [9.17, 15) is 4.79 Å². The van der Waals surface area contributed by atoms with Gasteiger partial charge in [0, 0.05) is 44.5 Å². The molecule has 0 radical (unpaired) electrons. The van der Waals surface area contributed by atoms with E-state index in [0.717, 1.165) is 30.9 Å². The minimum atomic E-state index is -0.0219. The molecule has 0 aromatic carbocycles. The molecule has 1 atom stereocenters. The summed E-state index contributed by atoms with van der Waals surface area (Å²) < 4.78 is 0. The normalized spacial score (nSPS) is 12.2. The molecule has 1 rings (SSSR count). The Balaban J connectivity index is 2.52. The molecule has 1 amide bonds. The molecule has 1 heterocycles. The predicted molar refractivity (Wildman–Crippen MR) is 82.6 cm³/mol. The fourth-order valence-corrected chi connectivity index (χ4v) is 2.08. The van der Waals surface area contributed by atoms with E-state index in [1.165, 1.54) is 0 Å². The molecule has 0 aliphatic rings. The van der Waals surface area contributed by atoms with Gasteiger partial charge in [0.15, 0.2) is 0 Å². The lowest BCUT2D eigenvalue weighted by atomic mass is 10.1. The van der Waals surface area contributed by atoms with Crippen LogP contribution in [-0.2, 0) is 11.3 Å². The maximum Gasteiger partial charge on any atom is 0.223 e. The second-order valence-corrected chi connectivity index (χ2v) is 5.17. The van der Waals surface area contributed by atoms with Gasteiger partial charge in [-0.3, -0.25) is 14.7 Å². The molecule has 0 saturated heterocycles. The van der Waals surface area contributed by atoms with E-state index in [1.807, 2.05) is 26.2 Å². The van der Waals surface area contributed by atoms with Crippen LogP contribution in [0.25, 0.3) is 0 Å². The van der Waals surface area contributed by atoms with Gasteiger partial charge in [0.1, 0.15) is 0 Å². The molecule has 1 aromatic rings. The molecule has 1 unspecified atom stereocenters. The molecule has 0 spiro atoms. The number of rotatable bonds is 8. The van der Waals surface area contributed by atoms with Crippen molar-refractivity contribution in [1.29, 1.82) is 0 Å². The van der Waals surface area contributed by atoms with Crippen molar-refractivity contribution >= 4 is 11.6 Å². The number of nitrogens with zero attached hydrogens (tertiary/aromatic N) is 2. The number of hydrogen-bond acceptors (Lipinski definition) is 4. The molecule has 20 heavy (non-hydrogen) atoms. The summed E-state index contributed by atoms with van der Waals surface area (Å²) in [6, 6.07) is 4.04. The van der Waals surface area contributed by atoms with Gasteiger partial charge in [0.25, 0.3) is 0 Å². The van der Waals surface area contributed by atoms with Gasteiger partial charge < -0.3 is 10.6 Å². The maximum atomic E-state index is 11.5. The Labute approximate surface area is 121 Å². The molecule has 5 nitrogen and oxygen atoms in total. The van der Waals surface area contributed by atoms with Crippen LogP contribution in [0.15, 0.2) is 18.3 Å². The number of anilines is 1. The van der Waals surface area contributed by atoms with E-state index < -0.39 is 0 Å². The Morgan fingerprint density at radius 3 is 2.90 bits per heavy atom. The molecule has 0 bridgehead atoms. The lowest BCUT2D eigenvalue weighted by Crippen LogP contribution is -2.34. The van der Waals surface area contributed by atoms with E-state index in [1.54, 1.807) is 7.05 Å². The van der Waals surface area contributed by atoms with Gasteiger partial charge in [-0.2, -0.15) is 0 Å². The van der Waals surface area contributed by atoms with Gasteiger partial charge >= 0.3 is 0 Å². The zero-order valence-electron chi connectivity index (χ0n) is 12.9. The standard InChI is InChI=1S/C15H26N4O/c1-5-7-17-13-6-8-18-14(9-13)11-19(4)10-12(2)15(20)16-3/h6,8-9,12H,5,7,10-11H2,1-4H3,(H,16,20)(H,17,18). The fourth-order valence-electron chi connectivity index (χ4n) is 2.08. The van der Waals surface area contributed by atoms with Crippen molar-refractivity contribution in [3.63, 3.8) is 0 Å². The highest BCUT2D eigenvalue weighted by molar-refractivity contribution is 5.78. The number of carbonyl (C=O) groups excluding carboxylic acids is 1. The van der Waals surface area contributed by atoms with E-state index in [0.29, 0.717) is 6.54 Å². The topological polar surface area (TPSA) is 57.3 Å². The third-order valence-corrected chi connectivity index (χ3v) is 3.11. The Bertz CT molecular complexity index is 422. The zero-order valence-corrected chi connectivity index (χ0v) is 12.9. The zero-order chi connectivity index (χ0) is 15.0. The Hall–Kier alpha value is -1.62. The van der Waals surface area contributed by atoms with Crippen molar-refractivity contribution in [3.05, 3.63) is 24.0 Å². The second kappa shape index (κ2) is 8.53. The number of aromatic nitrogens is 1. The summed E-state index contributed by atoms with van der Waals surface area (Å²) in [5, 5.41) is 6.03. The quantitative estimate of drug-likeness (QED) is 0.760. The van der Waals surface area contributed by atoms with Gasteiger partial charge in [0.2, 0.25) is 5.91 Å². The SMILES string of the molecule is CCCNc1ccnc(CN(C)CC(C)C(=O)NC)c1. The highest BCUT2D eigenvalue weighted by Gasteiger charge is 2.14. The van der Waals surface area contributed by atoms with Crippen LogP contribution in [0, 0.1) is 5.92 Å². The van der Waals surface area contributed by atoms with Crippen molar-refractivity contribution < 1.29 is 4.79 Å². The smallest absolute Gasteiger partial charge is 0.223 e. The third-order valence-electron chi connectivity index (χ3n) is 3.11. The predicted octanol–water partition coefficient (Wildman–Crippen LogP) is 1.72. The number of pyridine rings is 1. The summed E-state index contributed by atoms with van der Waals surface area (Å²) >= 11 is 0. The van der Waals surface area contributed by atoms with E-state index in [-0.39, 0.29) is 11.8 Å². The molecule has 1 aromatic heterocycles. The summed E-state index contributed by atoms with van der Waals surface area (Å²) in [6.07, 6.45) is 2.92. The molecule has 2 N–H and O–H groups in total. The maximum absolute atomic E-state index is 11.5. The lowest BCUT2D eigenvalue weighted by Gasteiger charge is -2.20. The van der Waals surface area contributed by atoms with Gasteiger partial charge in [-0.15, -0.1) is 0 Å². The minimum absolute atomic E-state index is 0.0219. The van der Waals surface area contributed by atoms with Crippen LogP contribution in [0.1, 0.15) is 26.0 Å². The number of nitrogens with one attached hydrogen (secondary N) is 2. The highest BCUT2D eigenvalue weighted by Crippen LogP contribution is 2.10. The van der Waals surface area contributed by atoms with E-state index in [2.05, 4.69) is 33.5 Å². The van der Waals surface area contributed by atoms with Crippen molar-refractivity contribution in [3.8, 4) is 0 Å². The van der Waals surface area contributed by atoms with Crippen LogP contribution in [0.4, 0.5) is 5.69 Å². The summed E-state index contributed by atoms with van der Waals surface area (Å²) in [5.74, 6) is 0.0505. The van der Waals surface area contributed by atoms with Crippen molar-refractivity contribution in [2.24, 2.45) is 5.92 Å². The average molecular weight is 278 g/mol. The van der Waals surface area contributed by atoms with Crippen LogP contribution in [0.3, 0.4) is 0 Å². The van der Waals surface area contributed by atoms with Gasteiger partial charge in [0.05, 0.1) is 5.69 Å². The Kier molecular flexibility index (Phi) is 7.01. The molecular formula is C15H26N4O. The average Bonchev–Trinajstić information content (AvgIpc) is 2.44. The van der Waals surface area contributed by atoms with Crippen LogP contribution in [0.2, 0.25) is 0 Å². The molecule has 0 aliphatic heterocycles. The first-order chi connectivity index (χ1) is 9.56. The molecular weight excluding hydrogens is 252 g/mol. The Morgan fingerprint density at radius 2 is 2.25 bits per heavy atom. The van der Waals surface area contributed by atoms with E-state index >= 15 is 0 Å². The number of carbonyl (C=O) groups is 1. The van der Waals surface area contributed by atoms with Crippen molar-refractivity contribution in [2.45, 2.75) is 26.8 Å². The molecule has 0 saturated carbocycles. The van der Waals surface area contributed by atoms with Crippen molar-refractivity contribution in [1.82, 2.24) is 15.2 Å². The number of amides is 1. The van der Waals surface area contributed by atoms with Crippen LogP contribution < -0.4 is 10.6 Å². The summed E-state index contributed by atoms with van der Waals surface area (Å²) in [4.78, 5) is 18.0. The summed E-state index contributed by atoms with van der Waals surface area (Å²) in [7, 11) is 3.68. The van der Waals surface area contributed by atoms with E-state index in [4.69, 9.17) is 0 Å². The Morgan fingerprint density at radius 1 is 1.50 bits per heavy atom. The monoisotopic (exact) mass is 278 g/mol. The molecule has 0 fully saturated rings. The minimum Gasteiger partial charge on any atom is -0.385 e. The van der Waals surface area contributed by atoms with Crippen LogP contribution in [0.5, 0.6) is 0 Å². The van der Waals surface area contributed by atoms with Crippen LogP contribution >= 0.6 is 0 Å². The molecule has 112 valence electrons. The third kappa shape index (κ3) is 5.57. The highest BCUT2D eigenvalue weighted by atomic mass is 16.1.